The van der Waals surface area contributed by atoms with Crippen LogP contribution in [0, 0.1) is 21.7 Å². The van der Waals surface area contributed by atoms with Crippen LogP contribution >= 0.6 is 31.9 Å². The molecular formula is C38H78Br2O10. The maximum atomic E-state index is 11.0. The molecule has 0 amide bonds. The molecule has 0 aromatic heterocycles. The molecule has 0 aliphatic heterocycles. The molecule has 0 spiro atoms. The van der Waals surface area contributed by atoms with Crippen LogP contribution in [-0.4, -0.2) is 78.4 Å². The summed E-state index contributed by atoms with van der Waals surface area (Å²) in [5.41, 5.74) is -2.85. The van der Waals surface area contributed by atoms with Crippen molar-refractivity contribution >= 4 is 55.7 Å². The van der Waals surface area contributed by atoms with Crippen molar-refractivity contribution in [2.45, 2.75) is 173 Å². The molecule has 0 aromatic carbocycles. The van der Waals surface area contributed by atoms with Gasteiger partial charge in [0.15, 0.2) is 0 Å². The van der Waals surface area contributed by atoms with Crippen LogP contribution in [-0.2, 0) is 19.2 Å². The summed E-state index contributed by atoms with van der Waals surface area (Å²) in [7, 11) is 0. The Morgan fingerprint density at radius 1 is 0.420 bits per heavy atom. The highest BCUT2D eigenvalue weighted by Crippen LogP contribution is 2.32. The molecule has 10 nitrogen and oxygen atoms in total. The van der Waals surface area contributed by atoms with E-state index in [2.05, 4.69) is 45.7 Å². The number of aliphatic carboxylic acids is 4. The third-order valence-electron chi connectivity index (χ3n) is 9.67. The van der Waals surface area contributed by atoms with Crippen molar-refractivity contribution < 1.29 is 49.8 Å². The second-order valence-electron chi connectivity index (χ2n) is 12.8. The Bertz CT molecular complexity index is 699. The van der Waals surface area contributed by atoms with Gasteiger partial charge in [0.2, 0.25) is 0 Å². The van der Waals surface area contributed by atoms with Gasteiger partial charge in [0.05, 0.1) is 34.9 Å². The van der Waals surface area contributed by atoms with E-state index in [4.69, 9.17) is 30.6 Å². The number of carboxylic acids is 4. The lowest BCUT2D eigenvalue weighted by Gasteiger charge is -2.25. The van der Waals surface area contributed by atoms with Gasteiger partial charge in [-0.2, -0.15) is 0 Å². The zero-order valence-electron chi connectivity index (χ0n) is 31.2. The van der Waals surface area contributed by atoms with E-state index in [0.717, 1.165) is 64.2 Å². The van der Waals surface area contributed by atoms with Gasteiger partial charge in [-0.15, -0.1) is 0 Å². The average Bonchev–Trinajstić information content (AvgIpc) is 3.08. The summed E-state index contributed by atoms with van der Waals surface area (Å²) in [4.78, 5) is 43.6. The second kappa shape index (κ2) is 34.8. The summed E-state index contributed by atoms with van der Waals surface area (Å²) < 4.78 is 0. The molecule has 0 saturated heterocycles. The van der Waals surface area contributed by atoms with Crippen molar-refractivity contribution in [3.8, 4) is 0 Å². The lowest BCUT2D eigenvalue weighted by molar-refractivity contribution is -0.153. The third kappa shape index (κ3) is 22.0. The molecule has 0 heterocycles. The van der Waals surface area contributed by atoms with Crippen molar-refractivity contribution in [1.29, 1.82) is 0 Å². The van der Waals surface area contributed by atoms with Crippen LogP contribution < -0.4 is 0 Å². The highest BCUT2D eigenvalue weighted by molar-refractivity contribution is 9.09. The van der Waals surface area contributed by atoms with E-state index in [1.54, 1.807) is 13.8 Å². The summed E-state index contributed by atoms with van der Waals surface area (Å²) >= 11 is 6.57. The van der Waals surface area contributed by atoms with E-state index < -0.39 is 45.5 Å². The predicted octanol–water partition coefficient (Wildman–Crippen LogP) is 10.7. The number of unbranched alkanes of at least 4 members (excludes halogenated alkanes) is 4. The monoisotopic (exact) mass is 852 g/mol. The van der Waals surface area contributed by atoms with Crippen molar-refractivity contribution in [2.75, 3.05) is 23.9 Å². The lowest BCUT2D eigenvalue weighted by atomic mass is 9.81. The molecular weight excluding hydrogens is 776 g/mol. The topological polar surface area (TPSA) is 190 Å². The van der Waals surface area contributed by atoms with Gasteiger partial charge in [-0.1, -0.05) is 153 Å². The number of carbonyl (C=O) groups is 4. The van der Waals surface area contributed by atoms with Crippen LogP contribution in [0.25, 0.3) is 0 Å². The van der Waals surface area contributed by atoms with Crippen molar-refractivity contribution in [3.63, 3.8) is 0 Å². The number of aliphatic hydroxyl groups excluding tert-OH is 2. The molecule has 0 aromatic rings. The van der Waals surface area contributed by atoms with E-state index in [9.17, 15) is 19.2 Å². The van der Waals surface area contributed by atoms with Gasteiger partial charge in [0.1, 0.15) is 0 Å². The number of halogens is 2. The molecule has 0 bridgehead atoms. The Hall–Kier alpha value is -1.24. The summed E-state index contributed by atoms with van der Waals surface area (Å²) in [6.07, 6.45) is 12.9. The maximum Gasteiger partial charge on any atom is 0.311 e. The second-order valence-corrected chi connectivity index (χ2v) is 13.9. The summed E-state index contributed by atoms with van der Waals surface area (Å²) in [6.45, 7) is 15.2. The highest BCUT2D eigenvalue weighted by atomic mass is 79.9. The largest absolute Gasteiger partial charge is 0.481 e. The predicted molar refractivity (Wildman–Crippen MR) is 215 cm³/mol. The quantitative estimate of drug-likeness (QED) is 0.0510. The first kappa shape index (κ1) is 60.8. The van der Waals surface area contributed by atoms with Crippen LogP contribution in [0.3, 0.4) is 0 Å². The van der Waals surface area contributed by atoms with Crippen LogP contribution in [0.5, 0.6) is 0 Å². The van der Waals surface area contributed by atoms with Crippen LogP contribution in [0.15, 0.2) is 0 Å². The zero-order valence-corrected chi connectivity index (χ0v) is 34.4. The highest BCUT2D eigenvalue weighted by Gasteiger charge is 2.37. The molecule has 0 aliphatic rings. The van der Waals surface area contributed by atoms with Crippen LogP contribution in [0.1, 0.15) is 173 Å². The van der Waals surface area contributed by atoms with E-state index >= 15 is 0 Å². The first-order valence-electron chi connectivity index (χ1n) is 17.8. The van der Waals surface area contributed by atoms with Crippen molar-refractivity contribution in [3.05, 3.63) is 0 Å². The third-order valence-corrected chi connectivity index (χ3v) is 11.8. The Kier molecular flexibility index (Phi) is 42.4. The molecule has 6 N–H and O–H groups in total. The van der Waals surface area contributed by atoms with E-state index in [1.807, 2.05) is 27.7 Å². The van der Waals surface area contributed by atoms with E-state index in [0.29, 0.717) is 49.2 Å². The number of aliphatic hydroxyl groups is 2. The molecule has 12 heteroatoms. The minimum atomic E-state index is -0.893. The number of hydrogen-bond donors (Lipinski definition) is 6. The molecule has 50 heavy (non-hydrogen) atoms. The first-order chi connectivity index (χ1) is 22.5. The van der Waals surface area contributed by atoms with Crippen LogP contribution in [0.2, 0.25) is 0 Å². The first-order valence-corrected chi connectivity index (χ1v) is 20.0. The molecule has 304 valence electrons. The molecule has 0 unspecified atom stereocenters. The minimum absolute atomic E-state index is 0. The number of carboxylic acid groups (broad SMARTS) is 4. The summed E-state index contributed by atoms with van der Waals surface area (Å²) in [5, 5.41) is 54.9. The average molecular weight is 855 g/mol. The normalized spacial score (nSPS) is 15.0. The Morgan fingerprint density at radius 3 is 0.700 bits per heavy atom. The summed E-state index contributed by atoms with van der Waals surface area (Å²) in [6, 6.07) is 0. The molecule has 0 aliphatic carbocycles. The molecule has 0 fully saturated rings. The number of hydrogen-bond acceptors (Lipinski definition) is 6. The fourth-order valence-electron chi connectivity index (χ4n) is 4.75. The van der Waals surface area contributed by atoms with Crippen molar-refractivity contribution in [1.82, 2.24) is 0 Å². The maximum absolute atomic E-state index is 11.0. The smallest absolute Gasteiger partial charge is 0.311 e. The minimum Gasteiger partial charge on any atom is -0.481 e. The van der Waals surface area contributed by atoms with Gasteiger partial charge in [0, 0.05) is 10.7 Å². The standard InChI is InChI=1S/2C9H17BrO2.2C9H18O3.2CH4/c4*1-3-5-6-9(4-2,7-10)8(11)12;;/h2*3-7H2,1-2H3,(H,11,12);2*10H,3-7H2,1-2H3,(H,11,12);2*1H4/t4*9-;;/m1010../s1. The lowest BCUT2D eigenvalue weighted by Crippen LogP contribution is -2.34. The van der Waals surface area contributed by atoms with E-state index in [1.165, 1.54) is 0 Å². The molecule has 0 radical (unpaired) electrons. The molecule has 4 atom stereocenters. The number of alkyl halides is 2. The van der Waals surface area contributed by atoms with Gasteiger partial charge in [-0.3, -0.25) is 19.2 Å². The van der Waals surface area contributed by atoms with Gasteiger partial charge >= 0.3 is 23.9 Å². The SMILES string of the molecule is C.C.CCCC[C@@](CC)(CBr)C(=O)O.CCCC[C@@](CC)(CO)C(=O)O.CCCC[C@](CC)(CBr)C(=O)O.CCCC[C@](CC)(CO)C(=O)O. The Labute approximate surface area is 322 Å². The van der Waals surface area contributed by atoms with Gasteiger partial charge < -0.3 is 30.6 Å². The van der Waals surface area contributed by atoms with Gasteiger partial charge in [-0.05, 0) is 51.4 Å². The molecule has 0 rings (SSSR count). The van der Waals surface area contributed by atoms with E-state index in [-0.39, 0.29) is 28.1 Å². The molecule has 0 saturated carbocycles. The van der Waals surface area contributed by atoms with Gasteiger partial charge in [0.25, 0.3) is 0 Å². The van der Waals surface area contributed by atoms with Crippen LogP contribution in [0.4, 0.5) is 0 Å². The number of rotatable bonds is 24. The summed E-state index contributed by atoms with van der Waals surface area (Å²) in [5.74, 6) is -3.09. The fraction of sp³-hybridized carbons (Fsp3) is 0.895. The zero-order chi connectivity index (χ0) is 38.5. The Balaban J connectivity index is -0.000000127. The fourth-order valence-corrected chi connectivity index (χ4v) is 6.59. The Morgan fingerprint density at radius 2 is 0.600 bits per heavy atom. The van der Waals surface area contributed by atoms with Gasteiger partial charge in [-0.25, -0.2) is 0 Å². The van der Waals surface area contributed by atoms with Crippen molar-refractivity contribution in [2.24, 2.45) is 21.7 Å².